The van der Waals surface area contributed by atoms with Crippen molar-refractivity contribution in [1.82, 2.24) is 14.5 Å². The molecular formula is C18H29F3N4O2S. The second-order valence-corrected chi connectivity index (χ2v) is 8.38. The number of hydrogen-bond acceptors (Lipinski definition) is 3. The molecule has 0 atom stereocenters. The van der Waals surface area contributed by atoms with Gasteiger partial charge < -0.3 is 10.2 Å². The zero-order chi connectivity index (χ0) is 21.4. The van der Waals surface area contributed by atoms with Gasteiger partial charge in [-0.1, -0.05) is 19.1 Å². The summed E-state index contributed by atoms with van der Waals surface area (Å²) in [6.07, 6.45) is -2.59. The lowest BCUT2D eigenvalue weighted by Crippen LogP contribution is -2.38. The lowest BCUT2D eigenvalue weighted by molar-refractivity contribution is -0.137. The third kappa shape index (κ3) is 8.05. The van der Waals surface area contributed by atoms with Crippen LogP contribution in [0.3, 0.4) is 0 Å². The van der Waals surface area contributed by atoms with Crippen LogP contribution >= 0.6 is 0 Å². The number of halogens is 3. The normalized spacial score (nSPS) is 13.1. The number of nitrogens with one attached hydrogen (secondary N) is 1. The van der Waals surface area contributed by atoms with Crippen molar-refractivity contribution in [3.05, 3.63) is 35.4 Å². The van der Waals surface area contributed by atoms with Gasteiger partial charge in [-0.05, 0) is 31.0 Å². The van der Waals surface area contributed by atoms with Crippen molar-refractivity contribution in [1.29, 1.82) is 0 Å². The summed E-state index contributed by atoms with van der Waals surface area (Å²) < 4.78 is 62.5. The minimum Gasteiger partial charge on any atom is -0.357 e. The summed E-state index contributed by atoms with van der Waals surface area (Å²) in [4.78, 5) is 6.30. The van der Waals surface area contributed by atoms with Crippen LogP contribution in [0.4, 0.5) is 13.2 Å². The Morgan fingerprint density at radius 2 is 1.79 bits per heavy atom. The van der Waals surface area contributed by atoms with E-state index in [2.05, 4.69) is 10.3 Å². The van der Waals surface area contributed by atoms with E-state index in [-0.39, 0.29) is 0 Å². The highest BCUT2D eigenvalue weighted by molar-refractivity contribution is 7.88. The summed E-state index contributed by atoms with van der Waals surface area (Å²) in [5.74, 6) is 0.616. The summed E-state index contributed by atoms with van der Waals surface area (Å²) >= 11 is 0. The third-order valence-corrected chi connectivity index (χ3v) is 5.43. The average molecular weight is 423 g/mol. The van der Waals surface area contributed by atoms with Crippen molar-refractivity contribution >= 4 is 16.0 Å². The van der Waals surface area contributed by atoms with Crippen molar-refractivity contribution in [2.45, 2.75) is 33.0 Å². The largest absolute Gasteiger partial charge is 0.416 e. The molecule has 0 aliphatic rings. The van der Waals surface area contributed by atoms with Crippen LogP contribution in [0.25, 0.3) is 0 Å². The summed E-state index contributed by atoms with van der Waals surface area (Å²) in [5, 5.41) is 3.13. The fraction of sp³-hybridized carbons (Fsp3) is 0.611. The van der Waals surface area contributed by atoms with Crippen LogP contribution in [0.2, 0.25) is 0 Å². The molecule has 1 aromatic rings. The van der Waals surface area contributed by atoms with E-state index >= 15 is 0 Å². The van der Waals surface area contributed by atoms with Crippen molar-refractivity contribution in [3.8, 4) is 0 Å². The van der Waals surface area contributed by atoms with E-state index in [0.29, 0.717) is 45.1 Å². The van der Waals surface area contributed by atoms with Crippen LogP contribution in [-0.2, 0) is 22.7 Å². The van der Waals surface area contributed by atoms with E-state index in [0.717, 1.165) is 17.7 Å². The highest BCUT2D eigenvalue weighted by atomic mass is 32.2. The molecule has 0 unspecified atom stereocenters. The van der Waals surface area contributed by atoms with Crippen LogP contribution < -0.4 is 5.32 Å². The molecule has 1 aromatic carbocycles. The molecule has 0 aliphatic heterocycles. The molecule has 0 aliphatic carbocycles. The Morgan fingerprint density at radius 1 is 1.18 bits per heavy atom. The number of sulfonamides is 1. The molecule has 0 saturated carbocycles. The molecule has 1 N–H and O–H groups in total. The molecule has 10 heteroatoms. The molecular weight excluding hydrogens is 393 g/mol. The molecule has 0 radical (unpaired) electrons. The Labute approximate surface area is 165 Å². The average Bonchev–Trinajstić information content (AvgIpc) is 2.59. The van der Waals surface area contributed by atoms with Gasteiger partial charge in [0, 0.05) is 39.8 Å². The first kappa shape index (κ1) is 24.2. The molecule has 0 amide bonds. The molecule has 1 rings (SSSR count). The zero-order valence-corrected chi connectivity index (χ0v) is 17.6. The first-order valence-electron chi connectivity index (χ1n) is 9.09. The number of guanidine groups is 1. The lowest BCUT2D eigenvalue weighted by Gasteiger charge is -2.23. The molecule has 6 nitrogen and oxygen atoms in total. The Balaban J connectivity index is 2.69. The molecule has 0 spiro atoms. The third-order valence-electron chi connectivity index (χ3n) is 4.05. The monoisotopic (exact) mass is 422 g/mol. The predicted octanol–water partition coefficient (Wildman–Crippen LogP) is 2.77. The Hall–Kier alpha value is -1.81. The number of benzene rings is 1. The highest BCUT2D eigenvalue weighted by Gasteiger charge is 2.29. The van der Waals surface area contributed by atoms with E-state index in [1.54, 1.807) is 14.0 Å². The molecule has 0 fully saturated rings. The number of aliphatic imine (C=N–C) groups is 1. The van der Waals surface area contributed by atoms with E-state index in [1.165, 1.54) is 22.7 Å². The molecule has 0 saturated heterocycles. The van der Waals surface area contributed by atoms with Gasteiger partial charge in [0.2, 0.25) is 10.0 Å². The molecule has 160 valence electrons. The summed E-state index contributed by atoms with van der Waals surface area (Å²) in [5.41, 5.74) is 0.0566. The molecule has 28 heavy (non-hydrogen) atoms. The van der Waals surface area contributed by atoms with Gasteiger partial charge in [-0.2, -0.15) is 13.2 Å². The first-order valence-corrected chi connectivity index (χ1v) is 10.9. The smallest absolute Gasteiger partial charge is 0.357 e. The Bertz CT molecular complexity index is 734. The van der Waals surface area contributed by atoms with Gasteiger partial charge in [0.15, 0.2) is 5.96 Å². The van der Waals surface area contributed by atoms with Crippen molar-refractivity contribution in [2.75, 3.05) is 39.5 Å². The number of alkyl halides is 3. The van der Waals surface area contributed by atoms with Gasteiger partial charge in [0.05, 0.1) is 11.8 Å². The van der Waals surface area contributed by atoms with Gasteiger partial charge >= 0.3 is 6.18 Å². The quantitative estimate of drug-likeness (QED) is 0.378. The fourth-order valence-electron chi connectivity index (χ4n) is 2.61. The zero-order valence-electron chi connectivity index (χ0n) is 16.8. The van der Waals surface area contributed by atoms with Crippen LogP contribution in [-0.4, -0.2) is 63.1 Å². The van der Waals surface area contributed by atoms with Crippen LogP contribution in [0.5, 0.6) is 0 Å². The van der Waals surface area contributed by atoms with Crippen molar-refractivity contribution in [2.24, 2.45) is 4.99 Å². The topological polar surface area (TPSA) is 65.0 Å². The van der Waals surface area contributed by atoms with E-state index in [9.17, 15) is 21.6 Å². The van der Waals surface area contributed by atoms with Crippen LogP contribution in [0, 0.1) is 0 Å². The SMILES string of the molecule is CCNC(=NCCCN(CC)S(C)(=O)=O)N(C)Cc1ccc(C(F)(F)F)cc1. The van der Waals surface area contributed by atoms with Gasteiger partial charge in [-0.3, -0.25) is 4.99 Å². The summed E-state index contributed by atoms with van der Waals surface area (Å²) in [6, 6.07) is 5.04. The lowest BCUT2D eigenvalue weighted by atomic mass is 10.1. The van der Waals surface area contributed by atoms with Gasteiger partial charge in [0.1, 0.15) is 0 Å². The number of hydrogen-bond donors (Lipinski definition) is 1. The second-order valence-electron chi connectivity index (χ2n) is 6.39. The van der Waals surface area contributed by atoms with Crippen molar-refractivity contribution in [3.63, 3.8) is 0 Å². The summed E-state index contributed by atoms with van der Waals surface area (Å²) in [6.45, 7) is 5.98. The number of nitrogens with zero attached hydrogens (tertiary/aromatic N) is 3. The molecule has 0 bridgehead atoms. The number of rotatable bonds is 9. The second kappa shape index (κ2) is 10.7. The fourth-order valence-corrected chi connectivity index (χ4v) is 3.54. The Kier molecular flexibility index (Phi) is 9.22. The predicted molar refractivity (Wildman–Crippen MR) is 106 cm³/mol. The standard InChI is InChI=1S/C18H29F3N4O2S/c1-5-22-17(23-12-7-13-25(6-2)28(4,26)27)24(3)14-15-8-10-16(11-9-15)18(19,20)21/h8-11H,5-7,12-14H2,1-4H3,(H,22,23). The van der Waals surface area contributed by atoms with Crippen LogP contribution in [0.15, 0.2) is 29.3 Å². The highest BCUT2D eigenvalue weighted by Crippen LogP contribution is 2.29. The van der Waals surface area contributed by atoms with Gasteiger partial charge in [-0.15, -0.1) is 0 Å². The maximum Gasteiger partial charge on any atom is 0.416 e. The van der Waals surface area contributed by atoms with E-state index in [1.807, 2.05) is 11.8 Å². The molecule has 0 aromatic heterocycles. The Morgan fingerprint density at radius 3 is 2.25 bits per heavy atom. The van der Waals surface area contributed by atoms with Crippen molar-refractivity contribution < 1.29 is 21.6 Å². The molecule has 0 heterocycles. The van der Waals surface area contributed by atoms with Gasteiger partial charge in [-0.25, -0.2) is 12.7 Å². The maximum absolute atomic E-state index is 12.7. The minimum absolute atomic E-state index is 0.390. The van der Waals surface area contributed by atoms with Crippen LogP contribution in [0.1, 0.15) is 31.4 Å². The van der Waals surface area contributed by atoms with Gasteiger partial charge in [0.25, 0.3) is 0 Å². The first-order chi connectivity index (χ1) is 13.0. The minimum atomic E-state index is -4.35. The maximum atomic E-state index is 12.7. The summed E-state index contributed by atoms with van der Waals surface area (Å²) in [7, 11) is -1.42. The van der Waals surface area contributed by atoms with E-state index < -0.39 is 21.8 Å². The van der Waals surface area contributed by atoms with E-state index in [4.69, 9.17) is 0 Å².